The maximum atomic E-state index is 6.07. The molecule has 2 nitrogen and oxygen atoms in total. The molecule has 120 valence electrons. The van der Waals surface area contributed by atoms with Gasteiger partial charge in [-0.2, -0.15) is 0 Å². The Morgan fingerprint density at radius 2 is 1.74 bits per heavy atom. The number of halogens is 2. The smallest absolute Gasteiger partial charge is 0.199 e. The molecule has 0 N–H and O–H groups in total. The van der Waals surface area contributed by atoms with Crippen LogP contribution in [0.3, 0.4) is 0 Å². The number of hydrogen-bond donors (Lipinski definition) is 0. The van der Waals surface area contributed by atoms with Gasteiger partial charge in [-0.15, -0.1) is 0 Å². The SMILES string of the molecule is Clc1ccc(-n2c(OCCCCCBr)cc3ccccc32)cc1. The third-order valence-corrected chi connectivity index (χ3v) is 4.60. The van der Waals surface area contributed by atoms with Crippen molar-refractivity contribution in [2.45, 2.75) is 19.3 Å². The Balaban J connectivity index is 1.90. The Labute approximate surface area is 150 Å². The molecular weight excluding hydrogens is 374 g/mol. The summed E-state index contributed by atoms with van der Waals surface area (Å²) in [6, 6.07) is 18.3. The molecule has 0 saturated heterocycles. The zero-order valence-electron chi connectivity index (χ0n) is 12.8. The van der Waals surface area contributed by atoms with E-state index in [4.69, 9.17) is 16.3 Å². The van der Waals surface area contributed by atoms with Crippen molar-refractivity contribution in [3.05, 3.63) is 59.6 Å². The Morgan fingerprint density at radius 1 is 0.957 bits per heavy atom. The van der Waals surface area contributed by atoms with E-state index in [1.54, 1.807) is 0 Å². The fourth-order valence-electron chi connectivity index (χ4n) is 2.64. The second-order valence-electron chi connectivity index (χ2n) is 5.45. The highest BCUT2D eigenvalue weighted by molar-refractivity contribution is 9.09. The van der Waals surface area contributed by atoms with Gasteiger partial charge in [0.15, 0.2) is 5.88 Å². The average Bonchev–Trinajstić information content (AvgIpc) is 2.94. The van der Waals surface area contributed by atoms with Crippen LogP contribution in [0, 0.1) is 0 Å². The summed E-state index contributed by atoms with van der Waals surface area (Å²) in [7, 11) is 0. The summed E-state index contributed by atoms with van der Waals surface area (Å²) < 4.78 is 8.22. The van der Waals surface area contributed by atoms with E-state index in [0.717, 1.165) is 40.5 Å². The van der Waals surface area contributed by atoms with Gasteiger partial charge in [0, 0.05) is 27.5 Å². The number of rotatable bonds is 7. The minimum Gasteiger partial charge on any atom is -0.479 e. The zero-order chi connectivity index (χ0) is 16.1. The first-order chi connectivity index (χ1) is 11.3. The van der Waals surface area contributed by atoms with Crippen LogP contribution in [0.5, 0.6) is 5.88 Å². The number of para-hydroxylation sites is 1. The highest BCUT2D eigenvalue weighted by Gasteiger charge is 2.11. The molecular formula is C19H19BrClNO. The molecule has 0 saturated carbocycles. The van der Waals surface area contributed by atoms with Crippen LogP contribution in [0.4, 0.5) is 0 Å². The van der Waals surface area contributed by atoms with E-state index in [-0.39, 0.29) is 0 Å². The minimum absolute atomic E-state index is 0.733. The number of nitrogens with zero attached hydrogens (tertiary/aromatic N) is 1. The van der Waals surface area contributed by atoms with E-state index in [9.17, 15) is 0 Å². The molecule has 3 rings (SSSR count). The molecule has 0 atom stereocenters. The predicted molar refractivity (Wildman–Crippen MR) is 101 cm³/mol. The summed E-state index contributed by atoms with van der Waals surface area (Å²) >= 11 is 9.48. The molecule has 0 radical (unpaired) electrons. The van der Waals surface area contributed by atoms with Crippen LogP contribution in [0.2, 0.25) is 5.02 Å². The predicted octanol–water partition coefficient (Wildman–Crippen LogP) is 6.23. The Morgan fingerprint density at radius 3 is 2.52 bits per heavy atom. The number of unbranched alkanes of at least 4 members (excludes halogenated alkanes) is 2. The van der Waals surface area contributed by atoms with Gasteiger partial charge in [0.1, 0.15) is 0 Å². The van der Waals surface area contributed by atoms with Crippen LogP contribution in [-0.2, 0) is 0 Å². The van der Waals surface area contributed by atoms with Gasteiger partial charge in [-0.05, 0) is 49.6 Å². The molecule has 0 bridgehead atoms. The van der Waals surface area contributed by atoms with E-state index < -0.39 is 0 Å². The Hall–Kier alpha value is -1.45. The summed E-state index contributed by atoms with van der Waals surface area (Å²) in [6.07, 6.45) is 3.42. The normalized spacial score (nSPS) is 11.0. The molecule has 0 fully saturated rings. The van der Waals surface area contributed by atoms with Gasteiger partial charge in [0.25, 0.3) is 0 Å². The first kappa shape index (κ1) is 16.4. The van der Waals surface area contributed by atoms with Crippen molar-refractivity contribution in [1.29, 1.82) is 0 Å². The number of ether oxygens (including phenoxy) is 1. The highest BCUT2D eigenvalue weighted by atomic mass is 79.9. The fraction of sp³-hybridized carbons (Fsp3) is 0.263. The molecule has 0 aliphatic carbocycles. The number of hydrogen-bond acceptors (Lipinski definition) is 1. The largest absolute Gasteiger partial charge is 0.479 e. The van der Waals surface area contributed by atoms with Crippen molar-refractivity contribution in [3.8, 4) is 11.6 Å². The fourth-order valence-corrected chi connectivity index (χ4v) is 3.16. The van der Waals surface area contributed by atoms with Gasteiger partial charge in [-0.3, -0.25) is 4.57 Å². The number of alkyl halides is 1. The van der Waals surface area contributed by atoms with Crippen LogP contribution in [0.1, 0.15) is 19.3 Å². The Kier molecular flexibility index (Phi) is 5.63. The molecule has 0 amide bonds. The van der Waals surface area contributed by atoms with Crippen molar-refractivity contribution >= 4 is 38.4 Å². The van der Waals surface area contributed by atoms with Gasteiger partial charge in [-0.25, -0.2) is 0 Å². The first-order valence-corrected chi connectivity index (χ1v) is 9.35. The third kappa shape index (κ3) is 3.91. The van der Waals surface area contributed by atoms with E-state index in [1.807, 2.05) is 30.3 Å². The third-order valence-electron chi connectivity index (χ3n) is 3.79. The Bertz CT molecular complexity index is 767. The molecule has 23 heavy (non-hydrogen) atoms. The van der Waals surface area contributed by atoms with E-state index in [2.05, 4.69) is 44.8 Å². The highest BCUT2D eigenvalue weighted by Crippen LogP contribution is 2.30. The number of fused-ring (bicyclic) bond motifs is 1. The van der Waals surface area contributed by atoms with E-state index in [1.165, 1.54) is 18.2 Å². The second-order valence-corrected chi connectivity index (χ2v) is 6.68. The van der Waals surface area contributed by atoms with Crippen molar-refractivity contribution in [2.75, 3.05) is 11.9 Å². The molecule has 1 heterocycles. The molecule has 0 aliphatic heterocycles. The summed E-state index contributed by atoms with van der Waals surface area (Å²) in [5.74, 6) is 0.882. The quantitative estimate of drug-likeness (QED) is 0.343. The van der Waals surface area contributed by atoms with Crippen LogP contribution in [-0.4, -0.2) is 16.5 Å². The van der Waals surface area contributed by atoms with Crippen molar-refractivity contribution in [2.24, 2.45) is 0 Å². The lowest BCUT2D eigenvalue weighted by molar-refractivity contribution is 0.291. The van der Waals surface area contributed by atoms with Gasteiger partial charge >= 0.3 is 0 Å². The monoisotopic (exact) mass is 391 g/mol. The molecule has 4 heteroatoms. The van der Waals surface area contributed by atoms with E-state index >= 15 is 0 Å². The second kappa shape index (κ2) is 7.89. The molecule has 1 aromatic heterocycles. The van der Waals surface area contributed by atoms with Crippen LogP contribution >= 0.6 is 27.5 Å². The lowest BCUT2D eigenvalue weighted by Gasteiger charge is -2.12. The molecule has 2 aromatic carbocycles. The van der Waals surface area contributed by atoms with Crippen molar-refractivity contribution in [3.63, 3.8) is 0 Å². The van der Waals surface area contributed by atoms with Crippen molar-refractivity contribution < 1.29 is 4.74 Å². The summed E-state index contributed by atoms with van der Waals surface area (Å²) in [4.78, 5) is 0. The lowest BCUT2D eigenvalue weighted by atomic mass is 10.2. The first-order valence-electron chi connectivity index (χ1n) is 7.85. The zero-order valence-corrected chi connectivity index (χ0v) is 15.2. The van der Waals surface area contributed by atoms with Gasteiger partial charge in [-0.1, -0.05) is 45.7 Å². The van der Waals surface area contributed by atoms with Crippen LogP contribution in [0.25, 0.3) is 16.6 Å². The van der Waals surface area contributed by atoms with Gasteiger partial charge < -0.3 is 4.74 Å². The minimum atomic E-state index is 0.733. The molecule has 3 aromatic rings. The topological polar surface area (TPSA) is 14.2 Å². The van der Waals surface area contributed by atoms with Gasteiger partial charge in [0.2, 0.25) is 0 Å². The maximum Gasteiger partial charge on any atom is 0.199 e. The number of aromatic nitrogens is 1. The summed E-state index contributed by atoms with van der Waals surface area (Å²) in [6.45, 7) is 0.733. The van der Waals surface area contributed by atoms with E-state index in [0.29, 0.717) is 0 Å². The van der Waals surface area contributed by atoms with Crippen LogP contribution in [0.15, 0.2) is 54.6 Å². The van der Waals surface area contributed by atoms with Gasteiger partial charge in [0.05, 0.1) is 12.1 Å². The molecule has 0 unspecified atom stereocenters. The number of benzene rings is 2. The summed E-state index contributed by atoms with van der Waals surface area (Å²) in [5.41, 5.74) is 2.20. The van der Waals surface area contributed by atoms with Crippen LogP contribution < -0.4 is 4.74 Å². The molecule has 0 spiro atoms. The lowest BCUT2D eigenvalue weighted by Crippen LogP contribution is -2.03. The van der Waals surface area contributed by atoms with Crippen molar-refractivity contribution in [1.82, 2.24) is 4.57 Å². The average molecular weight is 393 g/mol. The molecule has 0 aliphatic rings. The summed E-state index contributed by atoms with van der Waals surface area (Å²) in [5, 5.41) is 2.97. The maximum absolute atomic E-state index is 6.07. The standard InChI is InChI=1S/C19H19BrClNO/c20-12-4-1-5-13-23-19-14-15-6-2-3-7-18(15)22(19)17-10-8-16(21)9-11-17/h2-3,6-11,14H,1,4-5,12-13H2.